The number of rotatable bonds is 2. The third kappa shape index (κ3) is 2.35. The van der Waals surface area contributed by atoms with Gasteiger partial charge in [0.25, 0.3) is 0 Å². The van der Waals surface area contributed by atoms with E-state index >= 15 is 0 Å². The molecule has 1 heterocycles. The lowest BCUT2D eigenvalue weighted by atomic mass is 9.71. The van der Waals surface area contributed by atoms with E-state index in [1.807, 2.05) is 18.2 Å². The van der Waals surface area contributed by atoms with Crippen molar-refractivity contribution in [1.29, 1.82) is 0 Å². The third-order valence-corrected chi connectivity index (χ3v) is 5.13. The molecule has 0 radical (unpaired) electrons. The van der Waals surface area contributed by atoms with Crippen LogP contribution in [0.15, 0.2) is 18.2 Å². The smallest absolute Gasteiger partial charge is 0.150 e. The second-order valence-corrected chi connectivity index (χ2v) is 6.41. The number of piperidine rings is 1. The molecule has 1 aliphatic heterocycles. The number of fused-ring (bicyclic) bond motifs is 1. The molecule has 3 nitrogen and oxygen atoms in total. The van der Waals surface area contributed by atoms with Crippen molar-refractivity contribution in [2.75, 3.05) is 18.0 Å². The summed E-state index contributed by atoms with van der Waals surface area (Å²) in [5, 5.41) is 10.7. The Morgan fingerprint density at radius 3 is 2.95 bits per heavy atom. The second-order valence-electron chi connectivity index (χ2n) is 6.41. The molecule has 1 N–H and O–H groups in total. The summed E-state index contributed by atoms with van der Waals surface area (Å²) < 4.78 is 0. The van der Waals surface area contributed by atoms with Crippen LogP contribution in [0.1, 0.15) is 48.0 Å². The maximum atomic E-state index is 10.8. The van der Waals surface area contributed by atoms with Crippen LogP contribution in [0.3, 0.4) is 0 Å². The van der Waals surface area contributed by atoms with Gasteiger partial charge in [-0.1, -0.05) is 12.8 Å². The van der Waals surface area contributed by atoms with E-state index in [0.717, 1.165) is 49.8 Å². The quantitative estimate of drug-likeness (QED) is 0.842. The molecule has 2 aliphatic rings. The molecule has 2 fully saturated rings. The predicted molar refractivity (Wildman–Crippen MR) is 80.3 cm³/mol. The van der Waals surface area contributed by atoms with Crippen molar-refractivity contribution in [1.82, 2.24) is 0 Å². The molecule has 2 atom stereocenters. The van der Waals surface area contributed by atoms with Gasteiger partial charge < -0.3 is 10.0 Å². The van der Waals surface area contributed by atoms with E-state index in [1.165, 1.54) is 18.5 Å². The van der Waals surface area contributed by atoms with Crippen molar-refractivity contribution in [3.8, 4) is 0 Å². The molecule has 0 bridgehead atoms. The van der Waals surface area contributed by atoms with Gasteiger partial charge in [0.05, 0.1) is 5.60 Å². The van der Waals surface area contributed by atoms with Crippen LogP contribution in [0, 0.1) is 12.8 Å². The molecule has 1 aromatic rings. The summed E-state index contributed by atoms with van der Waals surface area (Å²) in [7, 11) is 0. The minimum atomic E-state index is -0.425. The molecule has 0 amide bonds. The van der Waals surface area contributed by atoms with Gasteiger partial charge in [0.15, 0.2) is 0 Å². The zero-order chi connectivity index (χ0) is 14.2. The van der Waals surface area contributed by atoms with Crippen LogP contribution in [-0.2, 0) is 0 Å². The molecule has 1 saturated carbocycles. The fourth-order valence-electron chi connectivity index (χ4n) is 3.90. The molecule has 0 spiro atoms. The van der Waals surface area contributed by atoms with Crippen LogP contribution in [0.5, 0.6) is 0 Å². The van der Waals surface area contributed by atoms with Gasteiger partial charge in [0, 0.05) is 30.3 Å². The topological polar surface area (TPSA) is 40.5 Å². The van der Waals surface area contributed by atoms with Crippen LogP contribution in [-0.4, -0.2) is 30.1 Å². The first-order valence-corrected chi connectivity index (χ1v) is 7.65. The van der Waals surface area contributed by atoms with Gasteiger partial charge in [-0.3, -0.25) is 4.79 Å². The van der Waals surface area contributed by atoms with E-state index in [-0.39, 0.29) is 0 Å². The number of aldehydes is 1. The molecule has 1 saturated heterocycles. The average molecular weight is 273 g/mol. The first-order chi connectivity index (χ1) is 9.62. The van der Waals surface area contributed by atoms with Crippen LogP contribution in [0.4, 0.5) is 5.69 Å². The number of benzene rings is 1. The third-order valence-electron chi connectivity index (χ3n) is 5.13. The highest BCUT2D eigenvalue weighted by Crippen LogP contribution is 2.41. The molecule has 108 valence electrons. The van der Waals surface area contributed by atoms with Crippen LogP contribution in [0.25, 0.3) is 0 Å². The molecule has 0 aromatic heterocycles. The van der Waals surface area contributed by atoms with E-state index in [2.05, 4.69) is 11.8 Å². The van der Waals surface area contributed by atoms with Gasteiger partial charge in [-0.15, -0.1) is 0 Å². The summed E-state index contributed by atoms with van der Waals surface area (Å²) in [5.41, 5.74) is 2.67. The number of aliphatic hydroxyl groups is 1. The number of hydrogen-bond donors (Lipinski definition) is 1. The minimum Gasteiger partial charge on any atom is -0.389 e. The summed E-state index contributed by atoms with van der Waals surface area (Å²) in [5.74, 6) is 0.398. The van der Waals surface area contributed by atoms with Crippen LogP contribution < -0.4 is 4.90 Å². The highest BCUT2D eigenvalue weighted by molar-refractivity contribution is 5.77. The lowest BCUT2D eigenvalue weighted by molar-refractivity contribution is -0.0612. The van der Waals surface area contributed by atoms with Crippen molar-refractivity contribution < 1.29 is 9.90 Å². The second kappa shape index (κ2) is 5.21. The Kier molecular flexibility index (Phi) is 3.55. The van der Waals surface area contributed by atoms with Gasteiger partial charge in [-0.2, -0.15) is 0 Å². The Morgan fingerprint density at radius 2 is 2.20 bits per heavy atom. The molecule has 2 unspecified atom stereocenters. The van der Waals surface area contributed by atoms with Crippen LogP contribution >= 0.6 is 0 Å². The van der Waals surface area contributed by atoms with Crippen LogP contribution in [0.2, 0.25) is 0 Å². The van der Waals surface area contributed by atoms with E-state index in [4.69, 9.17) is 0 Å². The van der Waals surface area contributed by atoms with E-state index < -0.39 is 5.60 Å². The highest BCUT2D eigenvalue weighted by Gasteiger charge is 2.42. The van der Waals surface area contributed by atoms with Crippen molar-refractivity contribution in [2.24, 2.45) is 5.92 Å². The molecule has 1 aliphatic carbocycles. The zero-order valence-electron chi connectivity index (χ0n) is 12.1. The van der Waals surface area contributed by atoms with Gasteiger partial charge >= 0.3 is 0 Å². The number of aryl methyl sites for hydroxylation is 1. The van der Waals surface area contributed by atoms with E-state index in [9.17, 15) is 9.90 Å². The number of carbonyl (C=O) groups excluding carboxylic acids is 1. The molecule has 20 heavy (non-hydrogen) atoms. The Bertz CT molecular complexity index is 514. The summed E-state index contributed by atoms with van der Waals surface area (Å²) >= 11 is 0. The SMILES string of the molecule is Cc1cc(C=O)ccc1N1CCC2(O)CCCCC2C1. The molecule has 3 rings (SSSR count). The van der Waals surface area contributed by atoms with Crippen molar-refractivity contribution in [3.63, 3.8) is 0 Å². The zero-order valence-corrected chi connectivity index (χ0v) is 12.1. The minimum absolute atomic E-state index is 0.398. The standard InChI is InChI=1S/C17H23NO2/c1-13-10-14(12-19)5-6-16(13)18-9-8-17(20)7-3-2-4-15(17)11-18/h5-6,10,12,15,20H,2-4,7-9,11H2,1H3. The van der Waals surface area contributed by atoms with Gasteiger partial charge in [-0.05, 0) is 49.9 Å². The van der Waals surface area contributed by atoms with Gasteiger partial charge in [0.1, 0.15) is 6.29 Å². The normalized spacial score (nSPS) is 29.9. The Morgan fingerprint density at radius 1 is 1.35 bits per heavy atom. The lowest BCUT2D eigenvalue weighted by Crippen LogP contribution is -2.53. The van der Waals surface area contributed by atoms with Crippen molar-refractivity contribution in [3.05, 3.63) is 29.3 Å². The maximum absolute atomic E-state index is 10.8. The lowest BCUT2D eigenvalue weighted by Gasteiger charge is -2.48. The Balaban J connectivity index is 1.80. The van der Waals surface area contributed by atoms with E-state index in [1.54, 1.807) is 0 Å². The highest BCUT2D eigenvalue weighted by atomic mass is 16.3. The monoisotopic (exact) mass is 273 g/mol. The summed E-state index contributed by atoms with van der Waals surface area (Å²) in [6.07, 6.45) is 6.27. The summed E-state index contributed by atoms with van der Waals surface area (Å²) in [6, 6.07) is 5.88. The predicted octanol–water partition coefficient (Wildman–Crippen LogP) is 2.94. The fourth-order valence-corrected chi connectivity index (χ4v) is 3.90. The van der Waals surface area contributed by atoms with Crippen molar-refractivity contribution >= 4 is 12.0 Å². The van der Waals surface area contributed by atoms with Crippen molar-refractivity contribution in [2.45, 2.75) is 44.6 Å². The average Bonchev–Trinajstić information content (AvgIpc) is 2.46. The molecular weight excluding hydrogens is 250 g/mol. The fraction of sp³-hybridized carbons (Fsp3) is 0.588. The Labute approximate surface area is 120 Å². The number of nitrogens with zero attached hydrogens (tertiary/aromatic N) is 1. The van der Waals surface area contributed by atoms with E-state index in [0.29, 0.717) is 5.92 Å². The van der Waals surface area contributed by atoms with Gasteiger partial charge in [0.2, 0.25) is 0 Å². The summed E-state index contributed by atoms with van der Waals surface area (Å²) in [6.45, 7) is 3.91. The number of anilines is 1. The van der Waals surface area contributed by atoms with Gasteiger partial charge in [-0.25, -0.2) is 0 Å². The molecular formula is C17H23NO2. The summed E-state index contributed by atoms with van der Waals surface area (Å²) in [4.78, 5) is 13.2. The maximum Gasteiger partial charge on any atom is 0.150 e. The molecule has 3 heteroatoms. The molecule has 1 aromatic carbocycles. The largest absolute Gasteiger partial charge is 0.389 e. The number of carbonyl (C=O) groups is 1. The first kappa shape index (κ1) is 13.6. The Hall–Kier alpha value is -1.35. The first-order valence-electron chi connectivity index (χ1n) is 7.65. The number of hydrogen-bond acceptors (Lipinski definition) is 3.